The van der Waals surface area contributed by atoms with Gasteiger partial charge in [0.15, 0.2) is 5.17 Å². The minimum absolute atomic E-state index is 0.01000. The molecule has 3 heterocycles. The van der Waals surface area contributed by atoms with E-state index in [4.69, 9.17) is 42.3 Å². The molecule has 0 unspecified atom stereocenters. The molecule has 0 spiro atoms. The molecule has 358 valence electrons. The SMILES string of the molecule is CC(=N)N1C(=N)[C@H](CC(=O)NCCOCCOCCNC(=O)CSC2=Nc3ccccc3/C(=C/C(=N)CNC(=O)c3ccccc3OC(F)(F)F)N2)N=C(c2ccc(Cl)cc2)c2c1sc(C)c2C. The fraction of sp³-hybridized carbons (Fsp3) is 0.304. The van der Waals surface area contributed by atoms with E-state index in [1.165, 1.54) is 35.6 Å². The molecule has 6 rings (SSSR count). The Bertz CT molecular complexity index is 2660. The maximum absolute atomic E-state index is 13.1. The summed E-state index contributed by atoms with van der Waals surface area (Å²) in [7, 11) is 0. The summed E-state index contributed by atoms with van der Waals surface area (Å²) >= 11 is 8.79. The number of anilines is 1. The first-order valence-corrected chi connectivity index (χ1v) is 23.2. The molecule has 0 radical (unpaired) electrons. The average molecular weight is 994 g/mol. The van der Waals surface area contributed by atoms with Crippen molar-refractivity contribution in [3.05, 3.63) is 117 Å². The number of thiophene rings is 1. The average Bonchev–Trinajstić information content (AvgIpc) is 3.51. The van der Waals surface area contributed by atoms with Crippen molar-refractivity contribution < 1.29 is 41.8 Å². The zero-order chi connectivity index (χ0) is 49.0. The number of thioether (sulfide) groups is 1. The van der Waals surface area contributed by atoms with Gasteiger partial charge in [0.1, 0.15) is 28.5 Å². The summed E-state index contributed by atoms with van der Waals surface area (Å²) in [5.41, 5.74) is 4.55. The molecule has 3 amide bonds. The minimum Gasteiger partial charge on any atom is -0.405 e. The molecule has 68 heavy (non-hydrogen) atoms. The van der Waals surface area contributed by atoms with Gasteiger partial charge in [0, 0.05) is 39.7 Å². The Balaban J connectivity index is 0.884. The quantitative estimate of drug-likeness (QED) is 0.0282. The van der Waals surface area contributed by atoms with Gasteiger partial charge < -0.3 is 40.9 Å². The molecular formula is C46H48ClF3N10O6S2. The predicted octanol–water partition coefficient (Wildman–Crippen LogP) is 7.39. The van der Waals surface area contributed by atoms with E-state index in [9.17, 15) is 27.6 Å². The number of halogens is 4. The Hall–Kier alpha value is -6.39. The molecule has 0 bridgehead atoms. The van der Waals surface area contributed by atoms with E-state index in [1.807, 2.05) is 26.0 Å². The van der Waals surface area contributed by atoms with E-state index in [0.29, 0.717) is 37.9 Å². The molecule has 16 nitrogen and oxygen atoms in total. The molecule has 3 aromatic carbocycles. The van der Waals surface area contributed by atoms with Gasteiger partial charge in [-0.1, -0.05) is 65.8 Å². The first-order valence-electron chi connectivity index (χ1n) is 21.1. The normalized spacial score (nSPS) is 15.0. The first kappa shape index (κ1) is 51.0. The van der Waals surface area contributed by atoms with Gasteiger partial charge in [0.25, 0.3) is 5.91 Å². The van der Waals surface area contributed by atoms with E-state index in [0.717, 1.165) is 39.4 Å². The molecule has 0 aliphatic carbocycles. The number of nitrogens with one attached hydrogen (secondary N) is 7. The van der Waals surface area contributed by atoms with Crippen molar-refractivity contribution in [3.63, 3.8) is 0 Å². The lowest BCUT2D eigenvalue weighted by Crippen LogP contribution is -2.42. The van der Waals surface area contributed by atoms with Crippen molar-refractivity contribution in [1.82, 2.24) is 21.3 Å². The highest BCUT2D eigenvalue weighted by Gasteiger charge is 2.35. The Morgan fingerprint density at radius 1 is 0.926 bits per heavy atom. The van der Waals surface area contributed by atoms with Gasteiger partial charge in [-0.2, -0.15) is 0 Å². The molecule has 1 aromatic heterocycles. The van der Waals surface area contributed by atoms with Gasteiger partial charge in [0.2, 0.25) is 11.8 Å². The molecule has 2 aliphatic heterocycles. The number of amidine groups is 3. The third-order valence-electron chi connectivity index (χ3n) is 10.1. The molecule has 2 aliphatic rings. The van der Waals surface area contributed by atoms with Gasteiger partial charge in [-0.05, 0) is 62.7 Å². The van der Waals surface area contributed by atoms with Crippen LogP contribution < -0.4 is 30.9 Å². The van der Waals surface area contributed by atoms with Crippen LogP contribution in [0.25, 0.3) is 5.70 Å². The summed E-state index contributed by atoms with van der Waals surface area (Å²) in [6.45, 7) is 6.66. The molecule has 7 N–H and O–H groups in total. The molecule has 4 aromatic rings. The van der Waals surface area contributed by atoms with Crippen LogP contribution in [-0.2, 0) is 19.1 Å². The highest BCUT2D eigenvalue weighted by atomic mass is 35.5. The standard InChI is InChI=1S/C46H48ClF3N10O6S2/c1-26-27(2)68-44-40(26)41(29-12-14-30(47)15-13-29)57-36(42(53)60(44)28(3)51)23-38(61)54-16-18-64-20-21-65-19-17-55-39(62)25-67-45-58-34-10-6-4-8-32(34)35(59-45)22-31(52)24-56-43(63)33-9-5-7-11-37(33)66-46(48,49)50/h4-15,22,36,51-53H,16-21,23-25H2,1-3H3,(H,54,61)(H,55,62)(H,56,63)(H,58,59)/b35-22-,51-28?,52-31?,53-42?/t36-/m0/s1. The first-order chi connectivity index (χ1) is 32.5. The van der Waals surface area contributed by atoms with Crippen molar-refractivity contribution in [2.24, 2.45) is 9.98 Å². The summed E-state index contributed by atoms with van der Waals surface area (Å²) in [5.74, 6) is -1.93. The number of hydrogen-bond acceptors (Lipinski definition) is 14. The number of fused-ring (bicyclic) bond motifs is 2. The number of amides is 3. The van der Waals surface area contributed by atoms with Crippen LogP contribution in [0, 0.1) is 30.1 Å². The van der Waals surface area contributed by atoms with Gasteiger partial charge in [-0.15, -0.1) is 24.5 Å². The van der Waals surface area contributed by atoms with E-state index in [2.05, 4.69) is 31.0 Å². The monoisotopic (exact) mass is 992 g/mol. The Morgan fingerprint density at radius 2 is 1.59 bits per heavy atom. The maximum Gasteiger partial charge on any atom is 0.573 e. The second kappa shape index (κ2) is 23.6. The van der Waals surface area contributed by atoms with Crippen LogP contribution in [0.5, 0.6) is 5.75 Å². The molecule has 0 fully saturated rings. The van der Waals surface area contributed by atoms with Crippen LogP contribution in [-0.4, -0.2) is 110 Å². The van der Waals surface area contributed by atoms with E-state index in [1.54, 1.807) is 48.2 Å². The number of carbonyl (C=O) groups excluding carboxylic acids is 3. The molecule has 0 saturated carbocycles. The highest BCUT2D eigenvalue weighted by Crippen LogP contribution is 2.40. The van der Waals surface area contributed by atoms with Gasteiger partial charge in [0.05, 0.1) is 73.5 Å². The Morgan fingerprint density at radius 3 is 2.28 bits per heavy atom. The van der Waals surface area contributed by atoms with Crippen molar-refractivity contribution in [1.29, 1.82) is 16.2 Å². The van der Waals surface area contributed by atoms with Gasteiger partial charge in [-0.25, -0.2) is 4.99 Å². The van der Waals surface area contributed by atoms with Crippen LogP contribution in [0.3, 0.4) is 0 Å². The number of rotatable bonds is 19. The summed E-state index contributed by atoms with van der Waals surface area (Å²) in [6, 6.07) is 18.4. The Labute approximate surface area is 403 Å². The second-order valence-electron chi connectivity index (χ2n) is 15.1. The number of aliphatic imine (C=N–C) groups is 2. The van der Waals surface area contributed by atoms with E-state index >= 15 is 0 Å². The molecule has 22 heteroatoms. The number of hydrogen-bond donors (Lipinski definition) is 7. The third kappa shape index (κ3) is 13.8. The smallest absolute Gasteiger partial charge is 0.405 e. The second-order valence-corrected chi connectivity index (χ2v) is 17.7. The third-order valence-corrected chi connectivity index (χ3v) is 12.4. The summed E-state index contributed by atoms with van der Waals surface area (Å²) in [4.78, 5) is 50.6. The molecule has 1 atom stereocenters. The largest absolute Gasteiger partial charge is 0.573 e. The number of benzene rings is 3. The highest BCUT2D eigenvalue weighted by molar-refractivity contribution is 8.14. The number of aryl methyl sites for hydroxylation is 1. The fourth-order valence-corrected chi connectivity index (χ4v) is 8.90. The van der Waals surface area contributed by atoms with Crippen LogP contribution in [0.4, 0.5) is 23.9 Å². The summed E-state index contributed by atoms with van der Waals surface area (Å²) in [5, 5.41) is 38.9. The maximum atomic E-state index is 13.1. The van der Waals surface area contributed by atoms with Crippen LogP contribution in [0.15, 0.2) is 88.9 Å². The predicted molar refractivity (Wildman–Crippen MR) is 261 cm³/mol. The molecular weight excluding hydrogens is 945 g/mol. The topological polar surface area (TPSA) is 227 Å². The lowest BCUT2D eigenvalue weighted by Gasteiger charge is -2.24. The molecule has 0 saturated heterocycles. The van der Waals surface area contributed by atoms with Crippen molar-refractivity contribution in [2.75, 3.05) is 56.7 Å². The van der Waals surface area contributed by atoms with Gasteiger partial charge in [-0.3, -0.25) is 35.1 Å². The summed E-state index contributed by atoms with van der Waals surface area (Å²) in [6.07, 6.45) is -3.64. The van der Waals surface area contributed by atoms with Crippen LogP contribution in [0.1, 0.15) is 50.8 Å². The number of alkyl halides is 3. The van der Waals surface area contributed by atoms with Crippen molar-refractivity contribution in [3.8, 4) is 5.75 Å². The fourth-order valence-electron chi connectivity index (χ4n) is 6.83. The number of para-hydroxylation sites is 2. The van der Waals surface area contributed by atoms with Crippen LogP contribution in [0.2, 0.25) is 5.02 Å². The lowest BCUT2D eigenvalue weighted by atomic mass is 9.99. The number of carbonyl (C=O) groups is 3. The van der Waals surface area contributed by atoms with E-state index < -0.39 is 24.1 Å². The minimum atomic E-state index is -4.99. The zero-order valence-corrected chi connectivity index (χ0v) is 39.5. The van der Waals surface area contributed by atoms with Gasteiger partial charge >= 0.3 is 6.36 Å². The summed E-state index contributed by atoms with van der Waals surface area (Å²) < 4.78 is 53.7. The zero-order valence-electron chi connectivity index (χ0n) is 37.1. The van der Waals surface area contributed by atoms with Crippen molar-refractivity contribution in [2.45, 2.75) is 39.6 Å². The number of ether oxygens (including phenoxy) is 3. The van der Waals surface area contributed by atoms with Crippen LogP contribution >= 0.6 is 34.7 Å². The van der Waals surface area contributed by atoms with E-state index in [-0.39, 0.29) is 93.0 Å². The van der Waals surface area contributed by atoms with Crippen molar-refractivity contribution >= 4 is 97.1 Å². The number of nitrogens with zero attached hydrogens (tertiary/aromatic N) is 3. The lowest BCUT2D eigenvalue weighted by molar-refractivity contribution is -0.274. The Kier molecular flexibility index (Phi) is 17.7.